The van der Waals surface area contributed by atoms with Gasteiger partial charge in [0.1, 0.15) is 16.7 Å². The van der Waals surface area contributed by atoms with Crippen LogP contribution in [0.4, 0.5) is 14.9 Å². The van der Waals surface area contributed by atoms with E-state index in [0.717, 1.165) is 5.56 Å². The van der Waals surface area contributed by atoms with Crippen molar-refractivity contribution in [1.29, 1.82) is 0 Å². The lowest BCUT2D eigenvalue weighted by atomic mass is 10.0. The fraction of sp³-hybridized carbons (Fsp3) is 0.115. The molecule has 0 aliphatic carbocycles. The van der Waals surface area contributed by atoms with Crippen molar-refractivity contribution in [3.8, 4) is 11.3 Å². The highest BCUT2D eigenvalue weighted by molar-refractivity contribution is 6.36. The number of rotatable bonds is 7. The maximum Gasteiger partial charge on any atom is 0.411 e. The zero-order chi connectivity index (χ0) is 26.5. The van der Waals surface area contributed by atoms with Gasteiger partial charge in [-0.25, -0.2) is 14.2 Å². The Hall–Kier alpha value is -3.59. The van der Waals surface area contributed by atoms with Crippen LogP contribution in [0, 0.1) is 5.82 Å². The van der Waals surface area contributed by atoms with Gasteiger partial charge in [-0.05, 0) is 29.8 Å². The van der Waals surface area contributed by atoms with Crippen molar-refractivity contribution in [2.75, 3.05) is 12.4 Å². The van der Waals surface area contributed by atoms with Crippen molar-refractivity contribution in [2.45, 2.75) is 12.5 Å². The smallest absolute Gasteiger partial charge is 0.411 e. The van der Waals surface area contributed by atoms with Gasteiger partial charge in [-0.2, -0.15) is 0 Å². The second-order valence-corrected chi connectivity index (χ2v) is 9.09. The molecule has 4 rings (SSSR count). The number of aromatic nitrogens is 2. The number of aromatic amines is 1. The van der Waals surface area contributed by atoms with E-state index in [1.54, 1.807) is 24.3 Å². The topological polar surface area (TPSA) is 96.1 Å². The van der Waals surface area contributed by atoms with Gasteiger partial charge < -0.3 is 15.0 Å². The van der Waals surface area contributed by atoms with Crippen molar-refractivity contribution in [1.82, 2.24) is 15.3 Å². The molecule has 0 saturated carbocycles. The number of nitrogens with one attached hydrogen (secondary N) is 3. The molecule has 4 aromatic rings. The first-order valence-corrected chi connectivity index (χ1v) is 12.1. The largest absolute Gasteiger partial charge is 0.453 e. The molecule has 0 bridgehead atoms. The van der Waals surface area contributed by atoms with Crippen LogP contribution in [0.3, 0.4) is 0 Å². The first-order chi connectivity index (χ1) is 17.8. The average Bonchev–Trinajstić information content (AvgIpc) is 3.26. The van der Waals surface area contributed by atoms with Gasteiger partial charge in [0.05, 0.1) is 28.8 Å². The number of methoxy groups -OCH3 is 1. The van der Waals surface area contributed by atoms with Crippen LogP contribution < -0.4 is 10.6 Å². The van der Waals surface area contributed by atoms with Crippen molar-refractivity contribution in [3.63, 3.8) is 0 Å². The first kappa shape index (κ1) is 26.5. The Bertz CT molecular complexity index is 1430. The average molecular weight is 562 g/mol. The van der Waals surface area contributed by atoms with Gasteiger partial charge in [0, 0.05) is 17.7 Å². The molecule has 0 unspecified atom stereocenters. The van der Waals surface area contributed by atoms with Crippen molar-refractivity contribution >= 4 is 52.5 Å². The summed E-state index contributed by atoms with van der Waals surface area (Å²) in [6.45, 7) is 0. The van der Waals surface area contributed by atoms with Crippen LogP contribution in [0.2, 0.25) is 15.2 Å². The number of imidazole rings is 1. The summed E-state index contributed by atoms with van der Waals surface area (Å²) in [4.78, 5) is 32.1. The number of amides is 2. The molecule has 7 nitrogen and oxygen atoms in total. The Morgan fingerprint density at radius 3 is 2.35 bits per heavy atom. The Morgan fingerprint density at radius 1 is 1.00 bits per heavy atom. The number of halogens is 4. The van der Waals surface area contributed by atoms with Gasteiger partial charge in [-0.15, -0.1) is 0 Å². The predicted octanol–water partition coefficient (Wildman–Crippen LogP) is 7.07. The van der Waals surface area contributed by atoms with E-state index in [1.807, 2.05) is 30.3 Å². The van der Waals surface area contributed by atoms with Crippen LogP contribution >= 0.6 is 34.8 Å². The molecule has 1 aromatic heterocycles. The van der Waals surface area contributed by atoms with E-state index in [2.05, 4.69) is 25.3 Å². The summed E-state index contributed by atoms with van der Waals surface area (Å²) in [6, 6.07) is 18.1. The highest BCUT2D eigenvalue weighted by Gasteiger charge is 2.24. The summed E-state index contributed by atoms with van der Waals surface area (Å²) < 4.78 is 19.2. The minimum atomic E-state index is -0.896. The van der Waals surface area contributed by atoms with Gasteiger partial charge >= 0.3 is 6.09 Å². The molecule has 37 heavy (non-hydrogen) atoms. The number of carbonyl (C=O) groups excluding carboxylic acids is 2. The SMILES string of the molecule is COC(=O)Nc1ccc(-c2nc(C[C@H](NC(=O)c3c(Cl)ccc(Cl)c3F)c3ccccc3)[nH]c2Cl)cc1. The van der Waals surface area contributed by atoms with Crippen molar-refractivity contribution in [2.24, 2.45) is 0 Å². The van der Waals surface area contributed by atoms with Crippen LogP contribution in [0.1, 0.15) is 27.8 Å². The number of hydrogen-bond donors (Lipinski definition) is 3. The van der Waals surface area contributed by atoms with E-state index < -0.39 is 23.9 Å². The molecule has 0 aliphatic rings. The molecule has 0 aliphatic heterocycles. The molecule has 3 N–H and O–H groups in total. The fourth-order valence-corrected chi connectivity index (χ4v) is 4.31. The molecule has 190 valence electrons. The third-order valence-electron chi connectivity index (χ3n) is 5.47. The summed E-state index contributed by atoms with van der Waals surface area (Å²) in [5.41, 5.74) is 2.16. The van der Waals surface area contributed by atoms with Gasteiger partial charge in [-0.1, -0.05) is 77.3 Å². The molecule has 1 atom stereocenters. The minimum Gasteiger partial charge on any atom is -0.453 e. The van der Waals surface area contributed by atoms with Crippen LogP contribution in [-0.4, -0.2) is 29.1 Å². The Kier molecular flexibility index (Phi) is 8.33. The predicted molar refractivity (Wildman–Crippen MR) is 142 cm³/mol. The quantitative estimate of drug-likeness (QED) is 0.210. The van der Waals surface area contributed by atoms with E-state index in [1.165, 1.54) is 19.2 Å². The Labute approximate surface area is 226 Å². The van der Waals surface area contributed by atoms with Crippen LogP contribution in [-0.2, 0) is 11.2 Å². The third kappa shape index (κ3) is 6.22. The number of benzene rings is 3. The van der Waals surface area contributed by atoms with Crippen LogP contribution in [0.15, 0.2) is 66.7 Å². The zero-order valence-corrected chi connectivity index (χ0v) is 21.6. The monoisotopic (exact) mass is 560 g/mol. The lowest BCUT2D eigenvalue weighted by Gasteiger charge is -2.19. The molecule has 3 aromatic carbocycles. The molecule has 0 fully saturated rings. The molecular weight excluding hydrogens is 542 g/mol. The summed E-state index contributed by atoms with van der Waals surface area (Å²) >= 11 is 18.4. The number of H-pyrrole nitrogens is 1. The molecule has 0 spiro atoms. The standard InChI is InChI=1S/C26H20Cl3FN4O3/c1-37-26(36)31-16-9-7-15(8-10-16)23-24(29)34-20(33-23)13-19(14-5-3-2-4-6-14)32-25(35)21-17(27)11-12-18(28)22(21)30/h2-12,19H,13H2,1H3,(H,31,36)(H,32,35)(H,33,34)/t19-/m0/s1. The van der Waals surface area contributed by atoms with Gasteiger partial charge in [-0.3, -0.25) is 10.1 Å². The maximum atomic E-state index is 14.6. The van der Waals surface area contributed by atoms with Crippen molar-refractivity contribution in [3.05, 3.63) is 105 Å². The lowest BCUT2D eigenvalue weighted by molar-refractivity contribution is 0.0932. The molecule has 11 heteroatoms. The first-order valence-electron chi connectivity index (χ1n) is 11.0. The molecule has 0 saturated heterocycles. The maximum absolute atomic E-state index is 14.6. The number of anilines is 1. The van der Waals surface area contributed by atoms with E-state index >= 15 is 0 Å². The number of ether oxygens (including phenoxy) is 1. The number of carbonyl (C=O) groups is 2. The summed E-state index contributed by atoms with van der Waals surface area (Å²) in [6.07, 6.45) is -0.363. The molecule has 1 heterocycles. The summed E-state index contributed by atoms with van der Waals surface area (Å²) in [5, 5.41) is 5.43. The van der Waals surface area contributed by atoms with Gasteiger partial charge in [0.2, 0.25) is 0 Å². The van der Waals surface area contributed by atoms with Gasteiger partial charge in [0.15, 0.2) is 5.82 Å². The lowest BCUT2D eigenvalue weighted by Crippen LogP contribution is -2.31. The highest BCUT2D eigenvalue weighted by atomic mass is 35.5. The molecule has 2 amide bonds. The minimum absolute atomic E-state index is 0.0559. The highest BCUT2D eigenvalue weighted by Crippen LogP contribution is 2.30. The molecule has 0 radical (unpaired) electrons. The third-order valence-corrected chi connectivity index (χ3v) is 6.36. The molecular formula is C26H20Cl3FN4O3. The second-order valence-electron chi connectivity index (χ2n) is 7.90. The van der Waals surface area contributed by atoms with E-state index in [0.29, 0.717) is 27.9 Å². The van der Waals surface area contributed by atoms with E-state index in [4.69, 9.17) is 34.8 Å². The summed E-state index contributed by atoms with van der Waals surface area (Å²) in [7, 11) is 1.28. The summed E-state index contributed by atoms with van der Waals surface area (Å²) in [5.74, 6) is -1.12. The fourth-order valence-electron chi connectivity index (χ4n) is 3.66. The Morgan fingerprint density at radius 2 is 1.68 bits per heavy atom. The Balaban J connectivity index is 1.59. The van der Waals surface area contributed by atoms with Crippen molar-refractivity contribution < 1.29 is 18.7 Å². The zero-order valence-electron chi connectivity index (χ0n) is 19.3. The van der Waals surface area contributed by atoms with E-state index in [9.17, 15) is 14.0 Å². The van der Waals surface area contributed by atoms with Crippen LogP contribution in [0.25, 0.3) is 11.3 Å². The van der Waals surface area contributed by atoms with Crippen LogP contribution in [0.5, 0.6) is 0 Å². The second kappa shape index (κ2) is 11.6. The van der Waals surface area contributed by atoms with Gasteiger partial charge in [0.25, 0.3) is 5.91 Å². The normalized spacial score (nSPS) is 11.6. The van der Waals surface area contributed by atoms with E-state index in [-0.39, 0.29) is 22.0 Å². The number of hydrogen-bond acceptors (Lipinski definition) is 4. The number of nitrogens with zero attached hydrogens (tertiary/aromatic N) is 1.